The van der Waals surface area contributed by atoms with Crippen LogP contribution in [0.2, 0.25) is 0 Å². The van der Waals surface area contributed by atoms with Gasteiger partial charge in [-0.25, -0.2) is 23.7 Å². The summed E-state index contributed by atoms with van der Waals surface area (Å²) >= 11 is 0. The molecule has 186 valence electrons. The molecule has 37 heavy (non-hydrogen) atoms. The van der Waals surface area contributed by atoms with Crippen molar-refractivity contribution in [2.45, 2.75) is 44.4 Å². The third-order valence-corrected chi connectivity index (χ3v) is 8.01. The number of nitrogens with zero attached hydrogens (tertiary/aromatic N) is 6. The molecule has 1 fully saturated rings. The summed E-state index contributed by atoms with van der Waals surface area (Å²) in [5.74, 6) is -1.40. The molecule has 1 saturated carbocycles. The van der Waals surface area contributed by atoms with Crippen molar-refractivity contribution >= 4 is 5.91 Å². The summed E-state index contributed by atoms with van der Waals surface area (Å²) in [6, 6.07) is 5.54. The predicted molar refractivity (Wildman–Crippen MR) is 130 cm³/mol. The lowest BCUT2D eigenvalue weighted by molar-refractivity contribution is -0.117. The molecule has 1 aromatic carbocycles. The first-order valence-electron chi connectivity index (χ1n) is 12.0. The number of hydrogen-bond donors (Lipinski definition) is 1. The molecule has 2 N–H and O–H groups in total. The van der Waals surface area contributed by atoms with Crippen LogP contribution in [0.15, 0.2) is 49.1 Å². The molecule has 0 radical (unpaired) electrons. The SMILES string of the molecule is CC1(C)[C@H]2CC[C@]1(c1cncc(-c3cnc(CC(N)=O)nc3)n1)c1nnc(-c3c(F)cccc3F)cc12. The molecular formula is C27H23F2N7O. The second kappa shape index (κ2) is 8.16. The Morgan fingerprint density at radius 1 is 1.05 bits per heavy atom. The summed E-state index contributed by atoms with van der Waals surface area (Å²) in [4.78, 5) is 29.0. The van der Waals surface area contributed by atoms with Crippen molar-refractivity contribution in [1.82, 2.24) is 30.1 Å². The molecule has 2 atom stereocenters. The van der Waals surface area contributed by atoms with E-state index in [1.807, 2.05) is 0 Å². The molecule has 3 heterocycles. The van der Waals surface area contributed by atoms with Crippen molar-refractivity contribution in [1.29, 1.82) is 0 Å². The molecule has 0 saturated heterocycles. The predicted octanol–water partition coefficient (Wildman–Crippen LogP) is 3.90. The van der Waals surface area contributed by atoms with E-state index in [0.717, 1.165) is 29.8 Å². The zero-order chi connectivity index (χ0) is 25.9. The van der Waals surface area contributed by atoms with E-state index in [1.54, 1.807) is 30.9 Å². The number of rotatable bonds is 5. The largest absolute Gasteiger partial charge is 0.369 e. The van der Waals surface area contributed by atoms with Gasteiger partial charge in [0.25, 0.3) is 0 Å². The van der Waals surface area contributed by atoms with Gasteiger partial charge in [-0.3, -0.25) is 9.78 Å². The van der Waals surface area contributed by atoms with Crippen LogP contribution in [0.3, 0.4) is 0 Å². The fraction of sp³-hybridized carbons (Fsp3) is 0.296. The summed E-state index contributed by atoms with van der Waals surface area (Å²) in [7, 11) is 0. The topological polar surface area (TPSA) is 120 Å². The van der Waals surface area contributed by atoms with E-state index >= 15 is 0 Å². The Morgan fingerprint density at radius 3 is 2.49 bits per heavy atom. The Morgan fingerprint density at radius 2 is 1.78 bits per heavy atom. The first-order valence-corrected chi connectivity index (χ1v) is 12.0. The van der Waals surface area contributed by atoms with Gasteiger partial charge in [0.1, 0.15) is 17.5 Å². The van der Waals surface area contributed by atoms with Gasteiger partial charge in [0, 0.05) is 24.2 Å². The zero-order valence-electron chi connectivity index (χ0n) is 20.2. The average molecular weight is 500 g/mol. The number of carbonyl (C=O) groups is 1. The highest BCUT2D eigenvalue weighted by atomic mass is 19.1. The van der Waals surface area contributed by atoms with E-state index in [4.69, 9.17) is 10.7 Å². The molecule has 3 aromatic heterocycles. The average Bonchev–Trinajstić information content (AvgIpc) is 3.25. The number of fused-ring (bicyclic) bond motifs is 5. The van der Waals surface area contributed by atoms with E-state index in [0.29, 0.717) is 17.1 Å². The molecule has 2 bridgehead atoms. The minimum absolute atomic E-state index is 0.0427. The van der Waals surface area contributed by atoms with Gasteiger partial charge in [-0.15, -0.1) is 5.10 Å². The van der Waals surface area contributed by atoms with Crippen LogP contribution in [0.25, 0.3) is 22.5 Å². The normalized spacial score (nSPS) is 21.1. The number of benzene rings is 1. The van der Waals surface area contributed by atoms with Crippen molar-refractivity contribution in [3.8, 4) is 22.5 Å². The first-order chi connectivity index (χ1) is 17.7. The summed E-state index contributed by atoms with van der Waals surface area (Å²) in [5, 5.41) is 8.84. The molecule has 2 aliphatic rings. The van der Waals surface area contributed by atoms with Crippen molar-refractivity contribution in [2.24, 2.45) is 11.1 Å². The van der Waals surface area contributed by atoms with E-state index < -0.39 is 23.0 Å². The summed E-state index contributed by atoms with van der Waals surface area (Å²) < 4.78 is 29.0. The van der Waals surface area contributed by atoms with Crippen LogP contribution in [0.1, 0.15) is 55.4 Å². The van der Waals surface area contributed by atoms with Gasteiger partial charge in [-0.2, -0.15) is 5.10 Å². The van der Waals surface area contributed by atoms with Crippen molar-refractivity contribution < 1.29 is 13.6 Å². The van der Waals surface area contributed by atoms with Crippen LogP contribution in [0, 0.1) is 17.0 Å². The van der Waals surface area contributed by atoms with Gasteiger partial charge in [0.05, 0.1) is 46.4 Å². The summed E-state index contributed by atoms with van der Waals surface area (Å²) in [5.41, 5.74) is 8.08. The fourth-order valence-electron chi connectivity index (χ4n) is 6.20. The first kappa shape index (κ1) is 23.2. The lowest BCUT2D eigenvalue weighted by Crippen LogP contribution is -2.38. The zero-order valence-corrected chi connectivity index (χ0v) is 20.2. The molecule has 0 unspecified atom stereocenters. The number of primary amides is 1. The standard InChI is InChI=1S/C27H23F2N7O/c1-26(2)16-6-7-27(26,25-15(16)8-19(35-36-25)24-17(28)4-3-5-18(24)29)21-13-31-12-20(34-21)14-10-32-23(33-11-14)9-22(30)37/h3-5,8,10-13,16H,6-7,9H2,1-2H3,(H2,30,37)/t16-,27-/m0/s1. The molecule has 0 aliphatic heterocycles. The highest BCUT2D eigenvalue weighted by Crippen LogP contribution is 2.69. The minimum atomic E-state index is -0.672. The number of halogens is 2. The van der Waals surface area contributed by atoms with Crippen molar-refractivity contribution in [3.05, 3.63) is 83.5 Å². The fourth-order valence-corrected chi connectivity index (χ4v) is 6.20. The molecule has 1 amide bonds. The number of carbonyl (C=O) groups excluding carboxylic acids is 1. The Kier molecular flexibility index (Phi) is 5.11. The quantitative estimate of drug-likeness (QED) is 0.442. The number of hydrogen-bond acceptors (Lipinski definition) is 7. The van der Waals surface area contributed by atoms with E-state index in [-0.39, 0.29) is 29.0 Å². The summed E-state index contributed by atoms with van der Waals surface area (Å²) in [6.07, 6.45) is 8.20. The van der Waals surface area contributed by atoms with Gasteiger partial charge in [-0.1, -0.05) is 19.9 Å². The lowest BCUT2D eigenvalue weighted by Gasteiger charge is -2.37. The van der Waals surface area contributed by atoms with Crippen LogP contribution in [-0.2, 0) is 16.6 Å². The maximum absolute atomic E-state index is 14.5. The monoisotopic (exact) mass is 499 g/mol. The maximum Gasteiger partial charge on any atom is 0.225 e. The number of amides is 1. The summed E-state index contributed by atoms with van der Waals surface area (Å²) in [6.45, 7) is 4.34. The van der Waals surface area contributed by atoms with Crippen molar-refractivity contribution in [2.75, 3.05) is 0 Å². The van der Waals surface area contributed by atoms with E-state index in [1.165, 1.54) is 18.2 Å². The van der Waals surface area contributed by atoms with Gasteiger partial charge in [0.15, 0.2) is 0 Å². The van der Waals surface area contributed by atoms with Crippen LogP contribution in [0.5, 0.6) is 0 Å². The molecule has 0 spiro atoms. The van der Waals surface area contributed by atoms with Crippen LogP contribution in [-0.4, -0.2) is 36.0 Å². The van der Waals surface area contributed by atoms with Crippen molar-refractivity contribution in [3.63, 3.8) is 0 Å². The second-order valence-corrected chi connectivity index (χ2v) is 10.2. The third kappa shape index (κ3) is 3.35. The maximum atomic E-state index is 14.5. The van der Waals surface area contributed by atoms with Gasteiger partial charge < -0.3 is 5.73 Å². The molecular weight excluding hydrogens is 476 g/mol. The van der Waals surface area contributed by atoms with Gasteiger partial charge in [0.2, 0.25) is 5.91 Å². The van der Waals surface area contributed by atoms with E-state index in [2.05, 4.69) is 39.0 Å². The van der Waals surface area contributed by atoms with Crippen LogP contribution >= 0.6 is 0 Å². The van der Waals surface area contributed by atoms with Crippen LogP contribution in [0.4, 0.5) is 8.78 Å². The van der Waals surface area contributed by atoms with Crippen LogP contribution < -0.4 is 5.73 Å². The molecule has 10 heteroatoms. The van der Waals surface area contributed by atoms with Gasteiger partial charge >= 0.3 is 0 Å². The molecule has 2 aliphatic carbocycles. The molecule has 8 nitrogen and oxygen atoms in total. The highest BCUT2D eigenvalue weighted by Gasteiger charge is 2.65. The number of aromatic nitrogens is 6. The Labute approximate surface area is 211 Å². The Balaban J connectivity index is 1.45. The third-order valence-electron chi connectivity index (χ3n) is 8.01. The lowest BCUT2D eigenvalue weighted by atomic mass is 9.66. The molecule has 6 rings (SSSR count). The smallest absolute Gasteiger partial charge is 0.225 e. The highest BCUT2D eigenvalue weighted by molar-refractivity contribution is 5.75. The van der Waals surface area contributed by atoms with E-state index in [9.17, 15) is 13.6 Å². The Hall–Kier alpha value is -4.21. The second-order valence-electron chi connectivity index (χ2n) is 10.2. The minimum Gasteiger partial charge on any atom is -0.369 e. The van der Waals surface area contributed by atoms with Gasteiger partial charge in [-0.05, 0) is 47.9 Å². The number of nitrogens with two attached hydrogens (primary N) is 1. The molecule has 4 aromatic rings. The Bertz CT molecular complexity index is 1540.